The number of nitrogens with one attached hydrogen (secondary N) is 3. The highest BCUT2D eigenvalue weighted by Crippen LogP contribution is 2.35. The minimum Gasteiger partial charge on any atom is -0.393 e. The minimum atomic E-state index is -0.299. The van der Waals surface area contributed by atoms with E-state index in [0.29, 0.717) is 11.3 Å². The van der Waals surface area contributed by atoms with Crippen molar-refractivity contribution in [2.45, 2.75) is 18.9 Å². The molecule has 0 bridgehead atoms. The highest BCUT2D eigenvalue weighted by atomic mass is 19.1. The van der Waals surface area contributed by atoms with Crippen LogP contribution in [0.2, 0.25) is 0 Å². The fourth-order valence-corrected chi connectivity index (χ4v) is 3.23. The molecule has 4 nitrogen and oxygen atoms in total. The van der Waals surface area contributed by atoms with Gasteiger partial charge in [0.25, 0.3) is 0 Å². The first kappa shape index (κ1) is 16.3. The molecule has 1 heterocycles. The van der Waals surface area contributed by atoms with Crippen molar-refractivity contribution < 1.29 is 4.39 Å². The van der Waals surface area contributed by atoms with Gasteiger partial charge in [0.05, 0.1) is 11.4 Å². The van der Waals surface area contributed by atoms with Crippen molar-refractivity contribution in [1.29, 1.82) is 5.41 Å². The average Bonchev–Trinajstić information content (AvgIpc) is 3.03. The molecule has 3 N–H and O–H groups in total. The first-order valence-electron chi connectivity index (χ1n) is 8.03. The molecular formula is C19H21FN4. The van der Waals surface area contributed by atoms with Crippen LogP contribution in [-0.4, -0.2) is 24.8 Å². The van der Waals surface area contributed by atoms with Gasteiger partial charge in [-0.05, 0) is 61.3 Å². The summed E-state index contributed by atoms with van der Waals surface area (Å²) in [7, 11) is 3.76. The van der Waals surface area contributed by atoms with Gasteiger partial charge >= 0.3 is 0 Å². The van der Waals surface area contributed by atoms with Gasteiger partial charge in [0, 0.05) is 36.6 Å². The third-order valence-corrected chi connectivity index (χ3v) is 4.43. The largest absolute Gasteiger partial charge is 0.393 e. The fourth-order valence-electron chi connectivity index (χ4n) is 3.23. The molecule has 1 aromatic heterocycles. The Bertz CT molecular complexity index is 780. The van der Waals surface area contributed by atoms with Crippen molar-refractivity contribution in [2.24, 2.45) is 0 Å². The molecule has 124 valence electrons. The summed E-state index contributed by atoms with van der Waals surface area (Å²) < 4.78 is 13.2. The van der Waals surface area contributed by atoms with Gasteiger partial charge in [0.15, 0.2) is 0 Å². The lowest BCUT2D eigenvalue weighted by Gasteiger charge is -2.15. The van der Waals surface area contributed by atoms with Crippen molar-refractivity contribution in [3.8, 4) is 0 Å². The van der Waals surface area contributed by atoms with Gasteiger partial charge in [-0.2, -0.15) is 0 Å². The topological polar surface area (TPSA) is 60.8 Å². The molecule has 0 radical (unpaired) electrons. The Morgan fingerprint density at radius 1 is 1.25 bits per heavy atom. The van der Waals surface area contributed by atoms with Crippen LogP contribution in [0.4, 0.5) is 4.39 Å². The van der Waals surface area contributed by atoms with E-state index < -0.39 is 0 Å². The lowest BCUT2D eigenvalue weighted by atomic mass is 9.93. The van der Waals surface area contributed by atoms with Gasteiger partial charge in [-0.1, -0.05) is 0 Å². The van der Waals surface area contributed by atoms with E-state index in [9.17, 15) is 4.39 Å². The van der Waals surface area contributed by atoms with E-state index >= 15 is 0 Å². The lowest BCUT2D eigenvalue weighted by molar-refractivity contribution is 0.579. The van der Waals surface area contributed by atoms with Gasteiger partial charge in [-0.25, -0.2) is 4.39 Å². The number of aromatic nitrogens is 1. The standard InChI is InChI=1S/C19H21FN4/c1-22-11-16(18(21)12-3-5-13(20)6-4-12)14-9-10-24-19-15(14)7-8-17(19)23-2/h3-6,9-11,17,21-23H,7-8H2,1-2H3/b16-11-,21-18?. The van der Waals surface area contributed by atoms with Crippen LogP contribution in [0.25, 0.3) is 5.57 Å². The lowest BCUT2D eigenvalue weighted by Crippen LogP contribution is -2.14. The van der Waals surface area contributed by atoms with Crippen molar-refractivity contribution in [3.05, 3.63) is 70.9 Å². The summed E-state index contributed by atoms with van der Waals surface area (Å²) >= 11 is 0. The summed E-state index contributed by atoms with van der Waals surface area (Å²) in [6, 6.07) is 8.26. The predicted octanol–water partition coefficient (Wildman–Crippen LogP) is 3.06. The number of allylic oxidation sites excluding steroid dienone is 1. The molecule has 0 saturated heterocycles. The zero-order valence-electron chi connectivity index (χ0n) is 13.9. The molecule has 1 aromatic carbocycles. The Morgan fingerprint density at radius 2 is 2.00 bits per heavy atom. The minimum absolute atomic E-state index is 0.260. The maximum absolute atomic E-state index is 13.2. The first-order chi connectivity index (χ1) is 11.7. The molecule has 1 aliphatic rings. The predicted molar refractivity (Wildman–Crippen MR) is 94.6 cm³/mol. The molecule has 5 heteroatoms. The average molecular weight is 324 g/mol. The number of pyridine rings is 1. The zero-order valence-corrected chi connectivity index (χ0v) is 13.9. The summed E-state index contributed by atoms with van der Waals surface area (Å²) in [5.41, 5.74) is 5.10. The van der Waals surface area contributed by atoms with Gasteiger partial charge < -0.3 is 10.6 Å². The second-order valence-corrected chi connectivity index (χ2v) is 5.83. The number of nitrogens with zero attached hydrogens (tertiary/aromatic N) is 1. The molecule has 1 atom stereocenters. The third kappa shape index (κ3) is 2.95. The van der Waals surface area contributed by atoms with E-state index in [1.807, 2.05) is 26.4 Å². The molecule has 24 heavy (non-hydrogen) atoms. The maximum Gasteiger partial charge on any atom is 0.123 e. The molecule has 0 spiro atoms. The molecule has 1 aliphatic carbocycles. The number of rotatable bonds is 5. The summed E-state index contributed by atoms with van der Waals surface area (Å²) in [6.07, 6.45) is 5.56. The number of fused-ring (bicyclic) bond motifs is 1. The number of hydrogen-bond donors (Lipinski definition) is 3. The van der Waals surface area contributed by atoms with Gasteiger partial charge in [0.2, 0.25) is 0 Å². The van der Waals surface area contributed by atoms with Crippen molar-refractivity contribution in [1.82, 2.24) is 15.6 Å². The molecule has 2 aromatic rings. The summed E-state index contributed by atoms with van der Waals surface area (Å²) in [4.78, 5) is 4.53. The van der Waals surface area contributed by atoms with E-state index in [2.05, 4.69) is 15.6 Å². The Hall–Kier alpha value is -2.53. The quantitative estimate of drug-likeness (QED) is 0.741. The van der Waals surface area contributed by atoms with Crippen molar-refractivity contribution in [3.63, 3.8) is 0 Å². The summed E-state index contributed by atoms with van der Waals surface area (Å²) in [6.45, 7) is 0. The third-order valence-electron chi connectivity index (χ3n) is 4.43. The van der Waals surface area contributed by atoms with Gasteiger partial charge in [-0.3, -0.25) is 10.4 Å². The zero-order chi connectivity index (χ0) is 17.1. The first-order valence-corrected chi connectivity index (χ1v) is 8.03. The van der Waals surface area contributed by atoms with Crippen LogP contribution >= 0.6 is 0 Å². The van der Waals surface area contributed by atoms with E-state index in [4.69, 9.17) is 5.41 Å². The Kier molecular flexibility index (Phi) is 4.71. The fraction of sp³-hybridized carbons (Fsp3) is 0.263. The highest BCUT2D eigenvalue weighted by Gasteiger charge is 2.26. The number of benzene rings is 1. The highest BCUT2D eigenvalue weighted by molar-refractivity contribution is 6.30. The van der Waals surface area contributed by atoms with Crippen LogP contribution in [0.5, 0.6) is 0 Å². The second-order valence-electron chi connectivity index (χ2n) is 5.83. The molecule has 0 saturated carbocycles. The normalized spacial score (nSPS) is 16.8. The molecule has 0 aliphatic heterocycles. The van der Waals surface area contributed by atoms with E-state index in [-0.39, 0.29) is 11.9 Å². The van der Waals surface area contributed by atoms with Crippen LogP contribution < -0.4 is 10.6 Å². The smallest absolute Gasteiger partial charge is 0.123 e. The SMILES string of the molecule is CN/C=C(\C(=N)c1ccc(F)cc1)c1ccnc2c1CCC2NC. The van der Waals surface area contributed by atoms with E-state index in [0.717, 1.165) is 29.7 Å². The van der Waals surface area contributed by atoms with Crippen molar-refractivity contribution in [2.75, 3.05) is 14.1 Å². The van der Waals surface area contributed by atoms with Gasteiger partial charge in [-0.15, -0.1) is 0 Å². The van der Waals surface area contributed by atoms with E-state index in [1.54, 1.807) is 18.3 Å². The Morgan fingerprint density at radius 3 is 2.67 bits per heavy atom. The van der Waals surface area contributed by atoms with Crippen LogP contribution in [0.3, 0.4) is 0 Å². The summed E-state index contributed by atoms with van der Waals surface area (Å²) in [5.74, 6) is -0.299. The van der Waals surface area contributed by atoms with Crippen LogP contribution in [0, 0.1) is 11.2 Å². The number of halogens is 1. The molecule has 0 amide bonds. The van der Waals surface area contributed by atoms with Crippen LogP contribution in [0.1, 0.15) is 34.8 Å². The van der Waals surface area contributed by atoms with Gasteiger partial charge in [0.1, 0.15) is 5.82 Å². The molecule has 1 unspecified atom stereocenters. The number of hydrogen-bond acceptors (Lipinski definition) is 4. The monoisotopic (exact) mass is 324 g/mol. The molecule has 0 fully saturated rings. The van der Waals surface area contributed by atoms with Crippen LogP contribution in [0.15, 0.2) is 42.7 Å². The van der Waals surface area contributed by atoms with E-state index in [1.165, 1.54) is 17.7 Å². The summed E-state index contributed by atoms with van der Waals surface area (Å²) in [5, 5.41) is 14.9. The molecule has 3 rings (SSSR count). The maximum atomic E-state index is 13.2. The van der Waals surface area contributed by atoms with Crippen molar-refractivity contribution >= 4 is 11.3 Å². The van der Waals surface area contributed by atoms with Crippen LogP contribution in [-0.2, 0) is 6.42 Å². The Balaban J connectivity index is 2.04. The Labute approximate surface area is 141 Å². The molecular weight excluding hydrogens is 303 g/mol. The second kappa shape index (κ2) is 6.93.